The number of amides is 1. The molecule has 1 aromatic heterocycles. The second-order valence-corrected chi connectivity index (χ2v) is 7.50. The maximum absolute atomic E-state index is 13.0. The smallest absolute Gasteiger partial charge is 0.336 e. The number of fused-ring (bicyclic) bond motifs is 1. The Bertz CT molecular complexity index is 1070. The van der Waals surface area contributed by atoms with Gasteiger partial charge in [0, 0.05) is 25.1 Å². The van der Waals surface area contributed by atoms with Crippen molar-refractivity contribution >= 4 is 16.7 Å². The van der Waals surface area contributed by atoms with E-state index in [0.717, 1.165) is 10.9 Å². The van der Waals surface area contributed by atoms with Crippen LogP contribution in [0.15, 0.2) is 57.7 Å². The molecule has 1 amide bonds. The Morgan fingerprint density at radius 2 is 1.86 bits per heavy atom. The molecular formula is C23H23NO4. The first-order chi connectivity index (χ1) is 13.4. The molecule has 0 unspecified atom stereocenters. The second-order valence-electron chi connectivity index (χ2n) is 7.50. The molecule has 2 heterocycles. The van der Waals surface area contributed by atoms with Crippen molar-refractivity contribution in [3.63, 3.8) is 0 Å². The highest BCUT2D eigenvalue weighted by molar-refractivity contribution is 5.96. The van der Waals surface area contributed by atoms with Crippen molar-refractivity contribution in [3.8, 4) is 0 Å². The second kappa shape index (κ2) is 7.24. The van der Waals surface area contributed by atoms with Crippen LogP contribution in [0.2, 0.25) is 0 Å². The average Bonchev–Trinajstić information content (AvgIpc) is 2.66. The fraction of sp³-hybridized carbons (Fsp3) is 0.304. The van der Waals surface area contributed by atoms with E-state index in [2.05, 4.69) is 30.3 Å². The number of hydrogen-bond acceptors (Lipinski definition) is 4. The van der Waals surface area contributed by atoms with Crippen LogP contribution in [0.4, 0.5) is 0 Å². The molecular weight excluding hydrogens is 354 g/mol. The maximum Gasteiger partial charge on any atom is 0.336 e. The van der Waals surface area contributed by atoms with Crippen molar-refractivity contribution in [2.24, 2.45) is 0 Å². The summed E-state index contributed by atoms with van der Waals surface area (Å²) in [5.74, 6) is 0.112. The number of aryl methyl sites for hydroxylation is 2. The van der Waals surface area contributed by atoms with Crippen LogP contribution in [-0.4, -0.2) is 35.1 Å². The standard InChI is InChI=1S/C23H23NO4/c1-14-11-21(26)28-15(2)22(14)23(27)24-10-9-19(20(25)13-24)18-8-7-16-5-3-4-6-17(16)12-18/h3-8,11-12,19-20,25H,9-10,13H2,1-2H3/t19-,20+/m0/s1. The van der Waals surface area contributed by atoms with Gasteiger partial charge < -0.3 is 14.4 Å². The lowest BCUT2D eigenvalue weighted by atomic mass is 9.86. The molecule has 1 saturated heterocycles. The molecule has 1 N–H and O–H groups in total. The zero-order valence-electron chi connectivity index (χ0n) is 16.0. The van der Waals surface area contributed by atoms with Gasteiger partial charge in [0.15, 0.2) is 0 Å². The van der Waals surface area contributed by atoms with Gasteiger partial charge in [0.1, 0.15) is 5.76 Å². The predicted molar refractivity (Wildman–Crippen MR) is 108 cm³/mol. The Hall–Kier alpha value is -2.92. The van der Waals surface area contributed by atoms with Crippen LogP contribution in [0, 0.1) is 13.8 Å². The molecule has 1 aliphatic rings. The number of carbonyl (C=O) groups excluding carboxylic acids is 1. The molecule has 0 saturated carbocycles. The highest BCUT2D eigenvalue weighted by atomic mass is 16.4. The van der Waals surface area contributed by atoms with E-state index in [1.807, 2.05) is 12.1 Å². The maximum atomic E-state index is 13.0. The van der Waals surface area contributed by atoms with E-state index in [0.29, 0.717) is 29.9 Å². The molecule has 28 heavy (non-hydrogen) atoms. The van der Waals surface area contributed by atoms with Gasteiger partial charge in [0.05, 0.1) is 11.7 Å². The van der Waals surface area contributed by atoms with Gasteiger partial charge in [-0.05, 0) is 42.2 Å². The third kappa shape index (κ3) is 3.34. The lowest BCUT2D eigenvalue weighted by Gasteiger charge is -2.36. The summed E-state index contributed by atoms with van der Waals surface area (Å²) in [6, 6.07) is 15.8. The largest absolute Gasteiger partial charge is 0.427 e. The Morgan fingerprint density at radius 1 is 1.11 bits per heavy atom. The summed E-state index contributed by atoms with van der Waals surface area (Å²) in [5.41, 5.74) is 1.65. The number of aliphatic hydroxyl groups is 1. The van der Waals surface area contributed by atoms with Crippen LogP contribution in [-0.2, 0) is 0 Å². The Labute approximate surface area is 163 Å². The van der Waals surface area contributed by atoms with E-state index in [1.54, 1.807) is 18.7 Å². The average molecular weight is 377 g/mol. The van der Waals surface area contributed by atoms with Gasteiger partial charge in [-0.25, -0.2) is 4.79 Å². The fourth-order valence-electron chi connectivity index (χ4n) is 4.18. The zero-order chi connectivity index (χ0) is 19.8. The summed E-state index contributed by atoms with van der Waals surface area (Å²) in [6.07, 6.45) is 0.0373. The topological polar surface area (TPSA) is 70.8 Å². The van der Waals surface area contributed by atoms with Crippen molar-refractivity contribution in [2.75, 3.05) is 13.1 Å². The fourth-order valence-corrected chi connectivity index (χ4v) is 4.18. The Morgan fingerprint density at radius 3 is 2.57 bits per heavy atom. The molecule has 0 bridgehead atoms. The van der Waals surface area contributed by atoms with Crippen LogP contribution in [0.25, 0.3) is 10.8 Å². The summed E-state index contributed by atoms with van der Waals surface area (Å²) >= 11 is 0. The lowest BCUT2D eigenvalue weighted by Crippen LogP contribution is -2.46. The predicted octanol–water partition coefficient (Wildman–Crippen LogP) is 3.40. The van der Waals surface area contributed by atoms with Crippen molar-refractivity contribution in [2.45, 2.75) is 32.3 Å². The van der Waals surface area contributed by atoms with Gasteiger partial charge in [-0.3, -0.25) is 4.79 Å². The third-order valence-electron chi connectivity index (χ3n) is 5.62. The summed E-state index contributed by atoms with van der Waals surface area (Å²) < 4.78 is 5.09. The summed E-state index contributed by atoms with van der Waals surface area (Å²) in [7, 11) is 0. The number of β-amino-alcohol motifs (C(OH)–C–C–N with tert-alkyl or cyclic N) is 1. The molecule has 5 nitrogen and oxygen atoms in total. The molecule has 3 aromatic rings. The molecule has 0 radical (unpaired) electrons. The molecule has 1 aliphatic heterocycles. The number of likely N-dealkylation sites (tertiary alicyclic amines) is 1. The van der Waals surface area contributed by atoms with Crippen LogP contribution < -0.4 is 5.63 Å². The van der Waals surface area contributed by atoms with Crippen LogP contribution in [0.1, 0.15) is 39.6 Å². The van der Waals surface area contributed by atoms with E-state index in [-0.39, 0.29) is 18.4 Å². The van der Waals surface area contributed by atoms with Crippen molar-refractivity contribution in [1.82, 2.24) is 4.90 Å². The third-order valence-corrected chi connectivity index (χ3v) is 5.62. The molecule has 144 valence electrons. The van der Waals surface area contributed by atoms with Gasteiger partial charge in [-0.2, -0.15) is 0 Å². The van der Waals surface area contributed by atoms with Gasteiger partial charge >= 0.3 is 5.63 Å². The summed E-state index contributed by atoms with van der Waals surface area (Å²) in [5, 5.41) is 13.1. The normalized spacial score (nSPS) is 19.8. The first-order valence-corrected chi connectivity index (χ1v) is 9.51. The van der Waals surface area contributed by atoms with Crippen molar-refractivity contribution in [1.29, 1.82) is 0 Å². The van der Waals surface area contributed by atoms with Crippen LogP contribution in [0.5, 0.6) is 0 Å². The van der Waals surface area contributed by atoms with Gasteiger partial charge in [-0.1, -0.05) is 42.5 Å². The highest BCUT2D eigenvalue weighted by Crippen LogP contribution is 2.31. The molecule has 0 aliphatic carbocycles. The molecule has 1 fully saturated rings. The molecule has 4 rings (SSSR count). The van der Waals surface area contributed by atoms with E-state index < -0.39 is 11.7 Å². The minimum atomic E-state index is -0.643. The monoisotopic (exact) mass is 377 g/mol. The van der Waals surface area contributed by atoms with Crippen LogP contribution in [0.3, 0.4) is 0 Å². The molecule has 2 aromatic carbocycles. The number of benzene rings is 2. The van der Waals surface area contributed by atoms with Gasteiger partial charge in [0.25, 0.3) is 5.91 Å². The van der Waals surface area contributed by atoms with Crippen molar-refractivity contribution in [3.05, 3.63) is 81.4 Å². The first-order valence-electron chi connectivity index (χ1n) is 9.51. The summed E-state index contributed by atoms with van der Waals surface area (Å²) in [6.45, 7) is 4.16. The minimum absolute atomic E-state index is 0.00967. The number of aliphatic hydroxyl groups excluding tert-OH is 1. The van der Waals surface area contributed by atoms with E-state index in [4.69, 9.17) is 4.42 Å². The van der Waals surface area contributed by atoms with Crippen molar-refractivity contribution < 1.29 is 14.3 Å². The number of carbonyl (C=O) groups is 1. The number of hydrogen-bond donors (Lipinski definition) is 1. The summed E-state index contributed by atoms with van der Waals surface area (Å²) in [4.78, 5) is 26.1. The van der Waals surface area contributed by atoms with E-state index >= 15 is 0 Å². The zero-order valence-corrected chi connectivity index (χ0v) is 16.0. The molecule has 5 heteroatoms. The highest BCUT2D eigenvalue weighted by Gasteiger charge is 2.33. The molecule has 2 atom stereocenters. The number of nitrogens with zero attached hydrogens (tertiary/aromatic N) is 1. The first kappa shape index (κ1) is 18.4. The Balaban J connectivity index is 1.55. The van der Waals surface area contributed by atoms with Crippen LogP contribution >= 0.6 is 0 Å². The minimum Gasteiger partial charge on any atom is -0.427 e. The number of piperidine rings is 1. The Kier molecular flexibility index (Phi) is 4.77. The number of rotatable bonds is 2. The quantitative estimate of drug-likeness (QED) is 0.743. The van der Waals surface area contributed by atoms with E-state index in [1.165, 1.54) is 11.5 Å². The van der Waals surface area contributed by atoms with Gasteiger partial charge in [0.2, 0.25) is 0 Å². The van der Waals surface area contributed by atoms with Gasteiger partial charge in [-0.15, -0.1) is 0 Å². The lowest BCUT2D eigenvalue weighted by molar-refractivity contribution is 0.0378. The molecule has 0 spiro atoms. The van der Waals surface area contributed by atoms with E-state index in [9.17, 15) is 14.7 Å². The SMILES string of the molecule is Cc1cc(=O)oc(C)c1C(=O)N1CC[C@@H](c2ccc3ccccc3c2)[C@H](O)C1.